The van der Waals surface area contributed by atoms with Crippen LogP contribution in [0, 0.1) is 18.3 Å². The third kappa shape index (κ3) is 6.89. The van der Waals surface area contributed by atoms with Crippen LogP contribution in [0.2, 0.25) is 0 Å². The van der Waals surface area contributed by atoms with Crippen molar-refractivity contribution in [2.45, 2.75) is 83.7 Å². The molecule has 0 aromatic heterocycles. The van der Waals surface area contributed by atoms with Gasteiger partial charge in [-0.05, 0) is 87.9 Å². The molecule has 2 N–H and O–H groups in total. The number of nitrogens with zero attached hydrogens (tertiary/aromatic N) is 2. The highest BCUT2D eigenvalue weighted by molar-refractivity contribution is 5.70. The third-order valence-electron chi connectivity index (χ3n) is 8.43. The summed E-state index contributed by atoms with van der Waals surface area (Å²) in [5.41, 5.74) is 3.56. The van der Waals surface area contributed by atoms with Crippen LogP contribution in [0.1, 0.15) is 63.0 Å². The monoisotopic (exact) mass is 525 g/mol. The number of benzene rings is 1. The predicted octanol–water partition coefficient (Wildman–Crippen LogP) is 5.43. The van der Waals surface area contributed by atoms with Gasteiger partial charge in [0.2, 0.25) is 0 Å². The first kappa shape index (κ1) is 27.5. The Balaban J connectivity index is 1.30. The van der Waals surface area contributed by atoms with Crippen molar-refractivity contribution in [3.8, 4) is 0 Å². The Kier molecular flexibility index (Phi) is 8.26. The van der Waals surface area contributed by atoms with Crippen LogP contribution in [0.3, 0.4) is 0 Å². The van der Waals surface area contributed by atoms with E-state index in [4.69, 9.17) is 0 Å². The van der Waals surface area contributed by atoms with Crippen molar-refractivity contribution in [3.63, 3.8) is 0 Å². The van der Waals surface area contributed by atoms with Crippen molar-refractivity contribution >= 4 is 17.7 Å². The average molecular weight is 526 g/mol. The number of carbonyl (C=O) groups is 2. The number of nitrogens with one attached hydrogen (secondary N) is 1. The fourth-order valence-corrected chi connectivity index (χ4v) is 5.94. The van der Waals surface area contributed by atoms with Crippen LogP contribution in [-0.2, 0) is 16.1 Å². The van der Waals surface area contributed by atoms with E-state index in [1.54, 1.807) is 0 Å². The van der Waals surface area contributed by atoms with Crippen molar-refractivity contribution in [2.75, 3.05) is 31.5 Å². The molecule has 1 unspecified atom stereocenters. The molecule has 1 spiro atoms. The lowest BCUT2D eigenvalue weighted by atomic mass is 9.78. The fourth-order valence-electron chi connectivity index (χ4n) is 5.94. The first-order valence-corrected chi connectivity index (χ1v) is 13.3. The van der Waals surface area contributed by atoms with E-state index >= 15 is 0 Å². The number of hydrogen-bond donors (Lipinski definition) is 2. The van der Waals surface area contributed by atoms with E-state index < -0.39 is 24.3 Å². The molecule has 1 aromatic carbocycles. The quantitative estimate of drug-likeness (QED) is 0.516. The molecule has 1 aromatic rings. The van der Waals surface area contributed by atoms with Gasteiger partial charge in [0, 0.05) is 37.9 Å². The van der Waals surface area contributed by atoms with Gasteiger partial charge in [-0.2, -0.15) is 13.2 Å². The van der Waals surface area contributed by atoms with Crippen LogP contribution in [0.15, 0.2) is 18.2 Å². The van der Waals surface area contributed by atoms with Crippen molar-refractivity contribution < 1.29 is 32.6 Å². The van der Waals surface area contributed by atoms with E-state index in [1.165, 1.54) is 16.0 Å². The highest BCUT2D eigenvalue weighted by atomic mass is 19.4. The highest BCUT2D eigenvalue weighted by Gasteiger charge is 2.44. The lowest BCUT2D eigenvalue weighted by Gasteiger charge is -2.39. The summed E-state index contributed by atoms with van der Waals surface area (Å²) < 4.78 is 42.8. The Morgan fingerprint density at radius 3 is 2.41 bits per heavy atom. The van der Waals surface area contributed by atoms with E-state index in [9.17, 15) is 27.9 Å². The summed E-state index contributed by atoms with van der Waals surface area (Å²) in [6.07, 6.45) is -1.95. The molecule has 206 valence electrons. The van der Waals surface area contributed by atoms with Crippen molar-refractivity contribution in [1.29, 1.82) is 0 Å². The Morgan fingerprint density at radius 2 is 1.78 bits per heavy atom. The van der Waals surface area contributed by atoms with Crippen LogP contribution in [0.4, 0.5) is 23.7 Å². The minimum atomic E-state index is -4.56. The second-order valence-electron chi connectivity index (χ2n) is 11.2. The van der Waals surface area contributed by atoms with Gasteiger partial charge in [0.1, 0.15) is 0 Å². The second-order valence-corrected chi connectivity index (χ2v) is 11.2. The van der Waals surface area contributed by atoms with Gasteiger partial charge in [0.25, 0.3) is 0 Å². The number of likely N-dealkylation sites (tertiary alicyclic amines) is 2. The number of ether oxygens (including phenoxy) is 1. The first-order valence-electron chi connectivity index (χ1n) is 13.3. The number of carboxylic acids is 1. The molecule has 0 bridgehead atoms. The largest absolute Gasteiger partial charge is 0.481 e. The van der Waals surface area contributed by atoms with Gasteiger partial charge in [-0.25, -0.2) is 4.79 Å². The number of aryl methyl sites for hydroxylation is 1. The number of hydrogen-bond acceptors (Lipinski definition) is 5. The number of amides is 1. The van der Waals surface area contributed by atoms with Crippen LogP contribution in [0.25, 0.3) is 0 Å². The summed E-state index contributed by atoms with van der Waals surface area (Å²) in [7, 11) is 0. The summed E-state index contributed by atoms with van der Waals surface area (Å²) in [5, 5.41) is 13.0. The number of carbonyl (C=O) groups excluding carboxylic acids is 1. The Bertz CT molecular complexity index is 970. The topological polar surface area (TPSA) is 82.1 Å². The molecule has 1 amide bonds. The van der Waals surface area contributed by atoms with Crippen LogP contribution >= 0.6 is 0 Å². The number of alkyl halides is 3. The molecule has 1 aliphatic carbocycles. The SMILES string of the molecule is Cc1ccc(CN2CCC3(CCN(C(=O)OC(C)C(F)(F)F)CC3)C2)c(NC2CCC(C(=O)O)CC2)c1. The Morgan fingerprint density at radius 1 is 1.14 bits per heavy atom. The molecule has 3 aliphatic rings. The maximum absolute atomic E-state index is 12.7. The molecular weight excluding hydrogens is 487 g/mol. The molecule has 2 saturated heterocycles. The van der Waals surface area contributed by atoms with E-state index in [0.717, 1.165) is 64.3 Å². The number of carboxylic acid groups (broad SMARTS) is 1. The van der Waals surface area contributed by atoms with Gasteiger partial charge in [-0.1, -0.05) is 12.1 Å². The summed E-state index contributed by atoms with van der Waals surface area (Å²) >= 11 is 0. The first-order chi connectivity index (χ1) is 17.4. The molecule has 0 radical (unpaired) electrons. The molecule has 1 saturated carbocycles. The molecular formula is C27H38F3N3O4. The lowest BCUT2D eigenvalue weighted by Crippen LogP contribution is -2.46. The zero-order chi connectivity index (χ0) is 26.8. The lowest BCUT2D eigenvalue weighted by molar-refractivity contribution is -0.200. The number of anilines is 1. The average Bonchev–Trinajstić information content (AvgIpc) is 3.22. The number of halogens is 3. The zero-order valence-electron chi connectivity index (χ0n) is 21.6. The maximum atomic E-state index is 12.7. The zero-order valence-corrected chi connectivity index (χ0v) is 21.6. The van der Waals surface area contributed by atoms with E-state index in [0.29, 0.717) is 25.9 Å². The second kappa shape index (κ2) is 11.1. The third-order valence-corrected chi connectivity index (χ3v) is 8.43. The van der Waals surface area contributed by atoms with Crippen molar-refractivity contribution in [2.24, 2.45) is 11.3 Å². The van der Waals surface area contributed by atoms with Gasteiger partial charge in [0.05, 0.1) is 5.92 Å². The summed E-state index contributed by atoms with van der Waals surface area (Å²) in [6, 6.07) is 6.70. The molecule has 2 aliphatic heterocycles. The van der Waals surface area contributed by atoms with E-state index in [1.807, 2.05) is 0 Å². The van der Waals surface area contributed by atoms with Crippen LogP contribution in [0.5, 0.6) is 0 Å². The van der Waals surface area contributed by atoms with Crippen molar-refractivity contribution in [3.05, 3.63) is 29.3 Å². The predicted molar refractivity (Wildman–Crippen MR) is 133 cm³/mol. The van der Waals surface area contributed by atoms with Crippen LogP contribution < -0.4 is 5.32 Å². The summed E-state index contributed by atoms with van der Waals surface area (Å²) in [4.78, 5) is 27.3. The minimum Gasteiger partial charge on any atom is -0.481 e. The fraction of sp³-hybridized carbons (Fsp3) is 0.704. The summed E-state index contributed by atoms with van der Waals surface area (Å²) in [6.45, 7) is 6.37. The molecule has 1 atom stereocenters. The maximum Gasteiger partial charge on any atom is 0.425 e. The van der Waals surface area contributed by atoms with Gasteiger partial charge >= 0.3 is 18.2 Å². The van der Waals surface area contributed by atoms with E-state index in [-0.39, 0.29) is 17.4 Å². The molecule has 2 heterocycles. The standard InChI is InChI=1S/C27H38F3N3O4/c1-18-3-4-21(23(15-18)31-22-7-5-20(6-8-22)24(34)35)16-32-12-9-26(17-32)10-13-33(14-11-26)25(36)37-19(2)27(28,29)30/h3-4,15,19-20,22,31H,5-14,16-17H2,1-2H3,(H,34,35). The van der Waals surface area contributed by atoms with Crippen molar-refractivity contribution in [1.82, 2.24) is 9.80 Å². The van der Waals surface area contributed by atoms with Gasteiger partial charge in [-0.3, -0.25) is 9.69 Å². The number of piperidine rings is 1. The molecule has 37 heavy (non-hydrogen) atoms. The van der Waals surface area contributed by atoms with E-state index in [2.05, 4.69) is 40.1 Å². The van der Waals surface area contributed by atoms with Gasteiger partial charge < -0.3 is 20.1 Å². The molecule has 3 fully saturated rings. The van der Waals surface area contributed by atoms with Gasteiger partial charge in [-0.15, -0.1) is 0 Å². The summed E-state index contributed by atoms with van der Waals surface area (Å²) in [5.74, 6) is -0.937. The molecule has 4 rings (SSSR count). The Hall–Kier alpha value is -2.49. The normalized spacial score (nSPS) is 25.2. The molecule has 7 nitrogen and oxygen atoms in total. The molecule has 10 heteroatoms. The van der Waals surface area contributed by atoms with Crippen LogP contribution in [-0.4, -0.2) is 71.5 Å². The highest BCUT2D eigenvalue weighted by Crippen LogP contribution is 2.41. The minimum absolute atomic E-state index is 0.0694. The number of rotatable bonds is 6. The smallest absolute Gasteiger partial charge is 0.425 e. The number of aliphatic carboxylic acids is 1. The Labute approximate surface area is 216 Å². The van der Waals surface area contributed by atoms with Gasteiger partial charge in [0.15, 0.2) is 6.10 Å².